The van der Waals surface area contributed by atoms with Crippen molar-refractivity contribution >= 4 is 50.3 Å². The highest BCUT2D eigenvalue weighted by Gasteiger charge is 2.32. The number of nitrogens with zero attached hydrogens (tertiary/aromatic N) is 4. The second-order valence-corrected chi connectivity index (χ2v) is 19.0. The van der Waals surface area contributed by atoms with Gasteiger partial charge in [0.05, 0.1) is 22.3 Å². The Morgan fingerprint density at radius 1 is 0.588 bits per heavy atom. The zero-order chi connectivity index (χ0) is 45.1. The van der Waals surface area contributed by atoms with Gasteiger partial charge >= 0.3 is 0 Å². The molecule has 3 aliphatic carbocycles. The van der Waals surface area contributed by atoms with Gasteiger partial charge in [-0.25, -0.2) is 9.98 Å². The van der Waals surface area contributed by atoms with Gasteiger partial charge in [0, 0.05) is 73.4 Å². The van der Waals surface area contributed by atoms with Crippen molar-refractivity contribution in [3.05, 3.63) is 245 Å². The minimum absolute atomic E-state index is 0.0566. The molecule has 4 aliphatic rings. The molecule has 3 unspecified atom stereocenters. The number of aliphatic imine (C=N–C) groups is 2. The lowest BCUT2D eigenvalue weighted by atomic mass is 9.85. The lowest BCUT2D eigenvalue weighted by Crippen LogP contribution is -2.18. The number of rotatable bonds is 6. The molecular formula is C64H52N4. The van der Waals surface area contributed by atoms with Crippen LogP contribution in [0.1, 0.15) is 83.5 Å². The van der Waals surface area contributed by atoms with Gasteiger partial charge in [-0.2, -0.15) is 0 Å². The van der Waals surface area contributed by atoms with E-state index in [-0.39, 0.29) is 11.8 Å². The largest absolute Gasteiger partial charge is 0.312 e. The van der Waals surface area contributed by atoms with Gasteiger partial charge in [0.1, 0.15) is 0 Å². The summed E-state index contributed by atoms with van der Waals surface area (Å²) in [5.41, 5.74) is 19.9. The van der Waals surface area contributed by atoms with Crippen molar-refractivity contribution in [2.24, 2.45) is 15.9 Å². The van der Waals surface area contributed by atoms with Gasteiger partial charge in [-0.3, -0.25) is 0 Å². The summed E-state index contributed by atoms with van der Waals surface area (Å²) in [4.78, 5) is 11.3. The highest BCUT2D eigenvalue weighted by molar-refractivity contribution is 6.14. The molecule has 0 spiro atoms. The molecule has 13 rings (SSSR count). The number of aryl methyl sites for hydroxylation is 1. The first-order valence-electron chi connectivity index (χ1n) is 24.6. The fraction of sp³-hybridized carbons (Fsp3) is 0.156. The third-order valence-corrected chi connectivity index (χ3v) is 15.0. The van der Waals surface area contributed by atoms with Crippen molar-refractivity contribution < 1.29 is 0 Å². The standard InChI is InChI=1S/C64H52N4/c1-42-32-38-57(65-64(45-21-7-3-8-22-45)66-62(42)47-24-17-23-46(40-47)43-18-5-2-6-19-43)51-35-33-44-20-11-12-27-50(44)61-54(51)36-37-55-52-28-13-16-31-59(52)68(63(55)61)49-34-39-60-56(41-49)53-29-14-15-30-58(53)67(60)48-25-9-4-10-26-48/h2-15,17-18,20-30,34,36-43,51H,16,19,31-33,35H2,1H3/b57-38+,65-64?,66-62?. The third-order valence-electron chi connectivity index (χ3n) is 15.0. The van der Waals surface area contributed by atoms with Gasteiger partial charge in [-0.05, 0) is 109 Å². The SMILES string of the molecule is CC1C/C=C(\C2CCc3ccccc3-c3c2ccc2c4c(n(-c5ccc6c(c5)c5ccccc5n6-c5ccccc5)c32)CCC=C4)N=C(c2ccccc2)N=C1c1cccc(C2C=CC=CC2)c1. The average molecular weight is 877 g/mol. The number of amidine groups is 1. The zero-order valence-electron chi connectivity index (χ0n) is 38.4. The summed E-state index contributed by atoms with van der Waals surface area (Å²) in [5.74, 6) is 1.39. The number of benzene rings is 7. The number of allylic oxidation sites excluding steroid dienone is 7. The van der Waals surface area contributed by atoms with Gasteiger partial charge in [0.15, 0.2) is 5.84 Å². The smallest absolute Gasteiger partial charge is 0.159 e. The summed E-state index contributed by atoms with van der Waals surface area (Å²) < 4.78 is 5.05. The summed E-state index contributed by atoms with van der Waals surface area (Å²) >= 11 is 0. The molecule has 7 aromatic carbocycles. The van der Waals surface area contributed by atoms with E-state index in [2.05, 4.69) is 222 Å². The maximum atomic E-state index is 5.72. The Morgan fingerprint density at radius 2 is 1.40 bits per heavy atom. The number of hydrogen-bond donors (Lipinski definition) is 0. The Bertz CT molecular complexity index is 3640. The Kier molecular flexibility index (Phi) is 10.00. The van der Waals surface area contributed by atoms with E-state index in [4.69, 9.17) is 9.98 Å². The molecule has 0 fully saturated rings. The monoisotopic (exact) mass is 876 g/mol. The second kappa shape index (κ2) is 16.8. The Balaban J connectivity index is 1.01. The molecule has 4 nitrogen and oxygen atoms in total. The lowest BCUT2D eigenvalue weighted by molar-refractivity contribution is 0.690. The molecule has 2 aromatic heterocycles. The Morgan fingerprint density at radius 3 is 2.28 bits per heavy atom. The van der Waals surface area contributed by atoms with E-state index in [1.165, 1.54) is 88.7 Å². The molecule has 0 bridgehead atoms. The summed E-state index contributed by atoms with van der Waals surface area (Å²) in [5, 5.41) is 3.83. The van der Waals surface area contributed by atoms with Crippen LogP contribution < -0.4 is 0 Å². The highest BCUT2D eigenvalue weighted by Crippen LogP contribution is 2.49. The van der Waals surface area contributed by atoms with Crippen molar-refractivity contribution in [1.29, 1.82) is 0 Å². The molecule has 328 valence electrons. The molecule has 0 saturated carbocycles. The van der Waals surface area contributed by atoms with Crippen LogP contribution in [0.5, 0.6) is 0 Å². The van der Waals surface area contributed by atoms with Crippen LogP contribution in [0.3, 0.4) is 0 Å². The first-order chi connectivity index (χ1) is 33.7. The van der Waals surface area contributed by atoms with Crippen molar-refractivity contribution in [2.45, 2.75) is 57.3 Å². The molecule has 0 saturated heterocycles. The molecule has 0 amide bonds. The van der Waals surface area contributed by atoms with E-state index in [1.54, 1.807) is 0 Å². The Hall–Kier alpha value is -7.82. The van der Waals surface area contributed by atoms with Crippen LogP contribution in [0.15, 0.2) is 216 Å². The minimum Gasteiger partial charge on any atom is -0.312 e. The fourth-order valence-corrected chi connectivity index (χ4v) is 11.7. The van der Waals surface area contributed by atoms with Crippen LogP contribution in [0, 0.1) is 5.92 Å². The van der Waals surface area contributed by atoms with E-state index in [9.17, 15) is 0 Å². The molecule has 9 aromatic rings. The molecule has 0 N–H and O–H groups in total. The van der Waals surface area contributed by atoms with Crippen LogP contribution in [0.2, 0.25) is 0 Å². The zero-order valence-corrected chi connectivity index (χ0v) is 38.4. The van der Waals surface area contributed by atoms with Gasteiger partial charge in [0.25, 0.3) is 0 Å². The van der Waals surface area contributed by atoms with Crippen molar-refractivity contribution in [1.82, 2.24) is 9.13 Å². The normalized spacial score (nSPS) is 19.6. The number of para-hydroxylation sites is 2. The minimum atomic E-state index is 0.0566. The maximum Gasteiger partial charge on any atom is 0.159 e. The number of aromatic nitrogens is 2. The van der Waals surface area contributed by atoms with Crippen LogP contribution >= 0.6 is 0 Å². The molecule has 1 aliphatic heterocycles. The molecule has 3 atom stereocenters. The summed E-state index contributed by atoms with van der Waals surface area (Å²) in [6, 6.07) is 60.6. The predicted octanol–water partition coefficient (Wildman–Crippen LogP) is 15.8. The molecule has 0 radical (unpaired) electrons. The van der Waals surface area contributed by atoms with Crippen LogP contribution in [-0.4, -0.2) is 20.7 Å². The van der Waals surface area contributed by atoms with Crippen molar-refractivity contribution in [3.63, 3.8) is 0 Å². The summed E-state index contributed by atoms with van der Waals surface area (Å²) in [7, 11) is 0. The van der Waals surface area contributed by atoms with E-state index >= 15 is 0 Å². The maximum absolute atomic E-state index is 5.72. The van der Waals surface area contributed by atoms with Crippen LogP contribution in [0.25, 0.3) is 61.3 Å². The summed E-state index contributed by atoms with van der Waals surface area (Å²) in [6.07, 6.45) is 21.9. The molecular weight excluding hydrogens is 825 g/mol. The average Bonchev–Trinajstić information content (AvgIpc) is 3.85. The second-order valence-electron chi connectivity index (χ2n) is 19.0. The molecule has 3 heterocycles. The summed E-state index contributed by atoms with van der Waals surface area (Å²) in [6.45, 7) is 2.34. The lowest BCUT2D eigenvalue weighted by Gasteiger charge is -2.24. The fourth-order valence-electron chi connectivity index (χ4n) is 11.7. The van der Waals surface area contributed by atoms with Gasteiger partial charge in [0.2, 0.25) is 0 Å². The molecule has 68 heavy (non-hydrogen) atoms. The van der Waals surface area contributed by atoms with Crippen molar-refractivity contribution in [2.75, 3.05) is 0 Å². The van der Waals surface area contributed by atoms with E-state index in [1.807, 2.05) is 0 Å². The Labute approximate surface area is 398 Å². The predicted molar refractivity (Wildman–Crippen MR) is 285 cm³/mol. The number of fused-ring (bicyclic) bond motifs is 10. The van der Waals surface area contributed by atoms with Crippen molar-refractivity contribution in [3.8, 4) is 22.5 Å². The first-order valence-corrected chi connectivity index (χ1v) is 24.6. The van der Waals surface area contributed by atoms with E-state index in [0.717, 1.165) is 61.3 Å². The highest BCUT2D eigenvalue weighted by atomic mass is 15.0. The topological polar surface area (TPSA) is 34.6 Å². The van der Waals surface area contributed by atoms with Gasteiger partial charge < -0.3 is 9.13 Å². The van der Waals surface area contributed by atoms with Gasteiger partial charge in [-0.15, -0.1) is 0 Å². The van der Waals surface area contributed by atoms with Gasteiger partial charge in [-0.1, -0.05) is 171 Å². The van der Waals surface area contributed by atoms with Crippen LogP contribution in [-0.2, 0) is 12.8 Å². The van der Waals surface area contributed by atoms with E-state index in [0.29, 0.717) is 5.92 Å². The first kappa shape index (κ1) is 40.5. The quantitative estimate of drug-likeness (QED) is 0.160. The van der Waals surface area contributed by atoms with E-state index < -0.39 is 0 Å². The molecule has 4 heteroatoms. The third kappa shape index (κ3) is 6.81. The number of hydrogen-bond acceptors (Lipinski definition) is 2. The van der Waals surface area contributed by atoms with Crippen LogP contribution in [0.4, 0.5) is 0 Å².